The lowest BCUT2D eigenvalue weighted by atomic mass is 9.91. The highest BCUT2D eigenvalue weighted by molar-refractivity contribution is 7.11. The van der Waals surface area contributed by atoms with E-state index in [1.54, 1.807) is 0 Å². The molecule has 1 heterocycles. The lowest BCUT2D eigenvalue weighted by molar-refractivity contribution is 0.577. The summed E-state index contributed by atoms with van der Waals surface area (Å²) in [5.74, 6) is 0.552. The van der Waals surface area contributed by atoms with Crippen molar-refractivity contribution in [2.45, 2.75) is 45.1 Å². The van der Waals surface area contributed by atoms with E-state index in [1.165, 1.54) is 33.9 Å². The molecule has 1 aromatic heterocycles. The molecule has 0 aliphatic heterocycles. The van der Waals surface area contributed by atoms with Crippen molar-refractivity contribution in [3.05, 3.63) is 51.5 Å². The monoisotopic (exact) mass is 286 g/mol. The first-order chi connectivity index (χ1) is 9.72. The first kappa shape index (κ1) is 13.8. The van der Waals surface area contributed by atoms with E-state index in [0.29, 0.717) is 5.92 Å². The molecule has 2 nitrogen and oxygen atoms in total. The van der Waals surface area contributed by atoms with Gasteiger partial charge in [-0.05, 0) is 44.2 Å². The highest BCUT2D eigenvalue weighted by atomic mass is 32.1. The van der Waals surface area contributed by atoms with E-state index >= 15 is 0 Å². The van der Waals surface area contributed by atoms with Crippen LogP contribution in [0.4, 0.5) is 0 Å². The zero-order valence-electron chi connectivity index (χ0n) is 12.2. The van der Waals surface area contributed by atoms with E-state index in [4.69, 9.17) is 0 Å². The second-order valence-corrected chi connectivity index (χ2v) is 7.11. The van der Waals surface area contributed by atoms with Crippen LogP contribution in [0.2, 0.25) is 0 Å². The maximum Gasteiger partial charge on any atom is 0.0896 e. The van der Waals surface area contributed by atoms with Crippen molar-refractivity contribution in [2.24, 2.45) is 0 Å². The highest BCUT2D eigenvalue weighted by Gasteiger charge is 2.23. The molecule has 3 rings (SSSR count). The molecule has 1 aromatic carbocycles. The van der Waals surface area contributed by atoms with E-state index in [1.807, 2.05) is 17.5 Å². The minimum atomic E-state index is 0.552. The molecule has 20 heavy (non-hydrogen) atoms. The number of thiazole rings is 1. The normalized spacial score (nSPS) is 16.3. The largest absolute Gasteiger partial charge is 0.313 e. The molecule has 0 spiro atoms. The molecule has 2 aromatic rings. The van der Waals surface area contributed by atoms with Crippen LogP contribution in [0.1, 0.15) is 39.8 Å². The first-order valence-corrected chi connectivity index (χ1v) is 8.24. The van der Waals surface area contributed by atoms with Gasteiger partial charge in [0.1, 0.15) is 0 Å². The van der Waals surface area contributed by atoms with Gasteiger partial charge in [0.05, 0.1) is 5.01 Å². The standard InChI is InChI=1S/C17H22N2S/c1-12-5-3-4-6-17(12)14(10-19-15-7-8-15)9-16-11-18-13(2)20-16/h3-6,11,14-15,19H,7-10H2,1-2H3. The van der Waals surface area contributed by atoms with Crippen LogP contribution in [0, 0.1) is 13.8 Å². The summed E-state index contributed by atoms with van der Waals surface area (Å²) in [6.45, 7) is 5.38. The highest BCUT2D eigenvalue weighted by Crippen LogP contribution is 2.27. The van der Waals surface area contributed by atoms with Gasteiger partial charge in [-0.1, -0.05) is 24.3 Å². The Hall–Kier alpha value is -1.19. The second-order valence-electron chi connectivity index (χ2n) is 5.79. The number of nitrogens with zero attached hydrogens (tertiary/aromatic N) is 1. The fourth-order valence-electron chi connectivity index (χ4n) is 2.68. The third kappa shape index (κ3) is 3.47. The molecule has 0 radical (unpaired) electrons. The fourth-order valence-corrected chi connectivity index (χ4v) is 3.55. The van der Waals surface area contributed by atoms with Gasteiger partial charge in [-0.15, -0.1) is 11.3 Å². The van der Waals surface area contributed by atoms with Crippen molar-refractivity contribution in [1.82, 2.24) is 10.3 Å². The lowest BCUT2D eigenvalue weighted by Gasteiger charge is -2.19. The topological polar surface area (TPSA) is 24.9 Å². The van der Waals surface area contributed by atoms with Gasteiger partial charge in [0.15, 0.2) is 0 Å². The third-order valence-electron chi connectivity index (χ3n) is 3.98. The maximum absolute atomic E-state index is 4.39. The zero-order valence-corrected chi connectivity index (χ0v) is 13.0. The molecule has 1 atom stereocenters. The molecule has 1 unspecified atom stereocenters. The first-order valence-electron chi connectivity index (χ1n) is 7.42. The number of hydrogen-bond acceptors (Lipinski definition) is 3. The lowest BCUT2D eigenvalue weighted by Crippen LogP contribution is -2.25. The van der Waals surface area contributed by atoms with Gasteiger partial charge in [-0.2, -0.15) is 0 Å². The van der Waals surface area contributed by atoms with Crippen LogP contribution in [-0.2, 0) is 6.42 Å². The van der Waals surface area contributed by atoms with Gasteiger partial charge in [-0.3, -0.25) is 0 Å². The van der Waals surface area contributed by atoms with Crippen LogP contribution >= 0.6 is 11.3 Å². The SMILES string of the molecule is Cc1ncc(CC(CNC2CC2)c2ccccc2C)s1. The molecule has 3 heteroatoms. The summed E-state index contributed by atoms with van der Waals surface area (Å²) in [6, 6.07) is 9.55. The fraction of sp³-hybridized carbons (Fsp3) is 0.471. The van der Waals surface area contributed by atoms with Gasteiger partial charge in [-0.25, -0.2) is 4.98 Å². The van der Waals surface area contributed by atoms with Crippen LogP contribution in [0.5, 0.6) is 0 Å². The molecule has 0 bridgehead atoms. The molecule has 0 saturated heterocycles. The summed E-state index contributed by atoms with van der Waals surface area (Å²) in [6.07, 6.45) is 5.83. The minimum absolute atomic E-state index is 0.552. The summed E-state index contributed by atoms with van der Waals surface area (Å²) in [5.41, 5.74) is 2.88. The summed E-state index contributed by atoms with van der Waals surface area (Å²) in [5, 5.41) is 4.86. The van der Waals surface area contributed by atoms with Crippen molar-refractivity contribution in [3.8, 4) is 0 Å². The Balaban J connectivity index is 1.77. The minimum Gasteiger partial charge on any atom is -0.313 e. The Bertz CT molecular complexity index is 572. The molecule has 1 fully saturated rings. The molecular formula is C17H22N2S. The number of aromatic nitrogens is 1. The molecule has 1 saturated carbocycles. The summed E-state index contributed by atoms with van der Waals surface area (Å²) in [4.78, 5) is 5.79. The maximum atomic E-state index is 4.39. The summed E-state index contributed by atoms with van der Waals surface area (Å²) >= 11 is 1.83. The zero-order chi connectivity index (χ0) is 13.9. The van der Waals surface area contributed by atoms with Gasteiger partial charge in [0.2, 0.25) is 0 Å². The van der Waals surface area contributed by atoms with Crippen LogP contribution in [-0.4, -0.2) is 17.6 Å². The molecule has 1 N–H and O–H groups in total. The van der Waals surface area contributed by atoms with Crippen LogP contribution < -0.4 is 5.32 Å². The van der Waals surface area contributed by atoms with Crippen molar-refractivity contribution < 1.29 is 0 Å². The Morgan fingerprint density at radius 3 is 2.75 bits per heavy atom. The number of nitrogens with one attached hydrogen (secondary N) is 1. The van der Waals surface area contributed by atoms with Crippen molar-refractivity contribution in [1.29, 1.82) is 0 Å². The number of rotatable bonds is 6. The molecular weight excluding hydrogens is 264 g/mol. The van der Waals surface area contributed by atoms with Gasteiger partial charge in [0, 0.05) is 29.6 Å². The summed E-state index contributed by atoms with van der Waals surface area (Å²) in [7, 11) is 0. The molecule has 106 valence electrons. The summed E-state index contributed by atoms with van der Waals surface area (Å²) < 4.78 is 0. The smallest absolute Gasteiger partial charge is 0.0896 e. The number of hydrogen-bond donors (Lipinski definition) is 1. The quantitative estimate of drug-likeness (QED) is 0.873. The Morgan fingerprint density at radius 1 is 1.30 bits per heavy atom. The van der Waals surface area contributed by atoms with E-state index < -0.39 is 0 Å². The molecule has 1 aliphatic carbocycles. The van der Waals surface area contributed by atoms with E-state index in [9.17, 15) is 0 Å². The van der Waals surface area contributed by atoms with Crippen molar-refractivity contribution >= 4 is 11.3 Å². The average Bonchev–Trinajstić information content (AvgIpc) is 3.18. The van der Waals surface area contributed by atoms with Gasteiger partial charge in [0.25, 0.3) is 0 Å². The van der Waals surface area contributed by atoms with Crippen LogP contribution in [0.3, 0.4) is 0 Å². The molecule has 0 amide bonds. The van der Waals surface area contributed by atoms with Crippen LogP contribution in [0.15, 0.2) is 30.5 Å². The van der Waals surface area contributed by atoms with E-state index in [2.05, 4.69) is 48.4 Å². The number of benzene rings is 1. The average molecular weight is 286 g/mol. The van der Waals surface area contributed by atoms with E-state index in [0.717, 1.165) is 19.0 Å². The third-order valence-corrected chi connectivity index (χ3v) is 4.91. The Labute approximate surface area is 125 Å². The number of aryl methyl sites for hydroxylation is 2. The van der Waals surface area contributed by atoms with Crippen LogP contribution in [0.25, 0.3) is 0 Å². The molecule has 1 aliphatic rings. The predicted octanol–water partition coefficient (Wildman–Crippen LogP) is 3.84. The Morgan fingerprint density at radius 2 is 2.10 bits per heavy atom. The van der Waals surface area contributed by atoms with E-state index in [-0.39, 0.29) is 0 Å². The van der Waals surface area contributed by atoms with Crippen molar-refractivity contribution in [2.75, 3.05) is 6.54 Å². The van der Waals surface area contributed by atoms with Crippen molar-refractivity contribution in [3.63, 3.8) is 0 Å². The van der Waals surface area contributed by atoms with Gasteiger partial charge < -0.3 is 5.32 Å². The van der Waals surface area contributed by atoms with Gasteiger partial charge >= 0.3 is 0 Å². The Kier molecular flexibility index (Phi) is 4.18. The predicted molar refractivity (Wildman–Crippen MR) is 85.5 cm³/mol. The second kappa shape index (κ2) is 6.06.